The molecule has 1 unspecified atom stereocenters. The smallest absolute Gasteiger partial charge is 0.354 e. The van der Waals surface area contributed by atoms with E-state index in [4.69, 9.17) is 4.74 Å². The number of unbranched alkanes of at least 4 members (excludes halogenated alkanes) is 1. The molecule has 1 amide bonds. The van der Waals surface area contributed by atoms with E-state index >= 15 is 0 Å². The number of methoxy groups -OCH3 is 1. The van der Waals surface area contributed by atoms with E-state index in [1.807, 2.05) is 30.3 Å². The zero-order valence-corrected chi connectivity index (χ0v) is 15.6. The van der Waals surface area contributed by atoms with Gasteiger partial charge in [-0.1, -0.05) is 18.2 Å². The first-order valence-electron chi connectivity index (χ1n) is 9.00. The van der Waals surface area contributed by atoms with Gasteiger partial charge in [-0.25, -0.2) is 4.79 Å². The predicted molar refractivity (Wildman–Crippen MR) is 100 cm³/mol. The molecule has 27 heavy (non-hydrogen) atoms. The molecule has 1 N–H and O–H groups in total. The van der Waals surface area contributed by atoms with E-state index in [0.717, 1.165) is 5.69 Å². The third-order valence-corrected chi connectivity index (χ3v) is 4.08. The number of anilines is 1. The molecule has 146 valence electrons. The van der Waals surface area contributed by atoms with Crippen LogP contribution < -0.4 is 10.3 Å². The number of carbonyl (C=O) groups is 3. The summed E-state index contributed by atoms with van der Waals surface area (Å²) in [4.78, 5) is 35.8. The Hall–Kier alpha value is -2.90. The molecule has 0 radical (unpaired) electrons. The second-order valence-electron chi connectivity index (χ2n) is 5.99. The van der Waals surface area contributed by atoms with Gasteiger partial charge in [0.05, 0.1) is 19.4 Å². The van der Waals surface area contributed by atoms with E-state index in [1.165, 1.54) is 7.11 Å². The largest absolute Gasteiger partial charge is 0.469 e. The molecule has 1 aliphatic heterocycles. The maximum atomic E-state index is 12.6. The van der Waals surface area contributed by atoms with Crippen molar-refractivity contribution in [2.75, 3.05) is 25.3 Å². The van der Waals surface area contributed by atoms with Crippen molar-refractivity contribution >= 4 is 29.2 Å². The van der Waals surface area contributed by atoms with Crippen LogP contribution in [-0.4, -0.2) is 49.9 Å². The van der Waals surface area contributed by atoms with Crippen LogP contribution in [0.3, 0.4) is 0 Å². The van der Waals surface area contributed by atoms with Gasteiger partial charge < -0.3 is 14.8 Å². The number of rotatable bonds is 9. The van der Waals surface area contributed by atoms with E-state index in [1.54, 1.807) is 11.9 Å². The van der Waals surface area contributed by atoms with Crippen LogP contribution in [0.15, 0.2) is 35.4 Å². The highest BCUT2D eigenvalue weighted by Gasteiger charge is 2.36. The van der Waals surface area contributed by atoms with Crippen molar-refractivity contribution in [2.24, 2.45) is 5.10 Å². The first-order chi connectivity index (χ1) is 13.1. The van der Waals surface area contributed by atoms with E-state index in [9.17, 15) is 14.4 Å². The molecule has 8 heteroatoms. The average molecular weight is 375 g/mol. The molecular weight excluding hydrogens is 350 g/mol. The summed E-state index contributed by atoms with van der Waals surface area (Å²) in [6, 6.07) is 8.59. The SMILES string of the molecule is CCOC(=O)C1=NN(c2ccccc2)C(C(=O)NCCCCC(=O)OC)C1. The standard InChI is InChI=1S/C19H25N3O5/c1-3-27-19(25)15-13-16(22(21-15)14-9-5-4-6-10-14)18(24)20-12-8-7-11-17(23)26-2/h4-6,9-10,16H,3,7-8,11-13H2,1-2H3,(H,20,24). The Morgan fingerprint density at radius 2 is 1.96 bits per heavy atom. The number of esters is 2. The van der Waals surface area contributed by atoms with Crippen LogP contribution in [0.4, 0.5) is 5.69 Å². The molecule has 0 saturated heterocycles. The van der Waals surface area contributed by atoms with Crippen LogP contribution in [0, 0.1) is 0 Å². The van der Waals surface area contributed by atoms with Crippen molar-refractivity contribution < 1.29 is 23.9 Å². The van der Waals surface area contributed by atoms with Crippen molar-refractivity contribution in [2.45, 2.75) is 38.6 Å². The lowest BCUT2D eigenvalue weighted by atomic mass is 10.1. The number of amides is 1. The highest BCUT2D eigenvalue weighted by Crippen LogP contribution is 2.25. The number of hydrogen-bond donors (Lipinski definition) is 1. The summed E-state index contributed by atoms with van der Waals surface area (Å²) < 4.78 is 9.60. The summed E-state index contributed by atoms with van der Waals surface area (Å²) in [7, 11) is 1.35. The Morgan fingerprint density at radius 1 is 1.22 bits per heavy atom. The fourth-order valence-electron chi connectivity index (χ4n) is 2.70. The molecule has 0 fully saturated rings. The van der Waals surface area contributed by atoms with Crippen LogP contribution in [0.25, 0.3) is 0 Å². The van der Waals surface area contributed by atoms with Gasteiger partial charge in [-0.15, -0.1) is 0 Å². The number of carbonyl (C=O) groups excluding carboxylic acids is 3. The number of para-hydroxylation sites is 1. The molecule has 1 aliphatic rings. The van der Waals surface area contributed by atoms with E-state index < -0.39 is 12.0 Å². The summed E-state index contributed by atoms with van der Waals surface area (Å²) in [6.07, 6.45) is 1.79. The number of nitrogens with one attached hydrogen (secondary N) is 1. The number of hydrazone groups is 1. The van der Waals surface area contributed by atoms with Gasteiger partial charge >= 0.3 is 11.9 Å². The van der Waals surface area contributed by atoms with Crippen LogP contribution >= 0.6 is 0 Å². The van der Waals surface area contributed by atoms with Gasteiger partial charge in [-0.2, -0.15) is 5.10 Å². The number of ether oxygens (including phenoxy) is 2. The highest BCUT2D eigenvalue weighted by atomic mass is 16.5. The zero-order valence-electron chi connectivity index (χ0n) is 15.6. The summed E-state index contributed by atoms with van der Waals surface area (Å²) >= 11 is 0. The summed E-state index contributed by atoms with van der Waals surface area (Å²) in [5.74, 6) is -0.994. The molecule has 2 rings (SSSR count). The fourth-order valence-corrected chi connectivity index (χ4v) is 2.70. The van der Waals surface area contributed by atoms with Crippen molar-refractivity contribution in [3.8, 4) is 0 Å². The molecule has 0 aromatic heterocycles. The Bertz CT molecular complexity index is 690. The van der Waals surface area contributed by atoms with Crippen molar-refractivity contribution in [3.63, 3.8) is 0 Å². The summed E-state index contributed by atoms with van der Waals surface area (Å²) in [5.41, 5.74) is 0.953. The van der Waals surface area contributed by atoms with Crippen LogP contribution in [0.1, 0.15) is 32.6 Å². The molecular formula is C19H25N3O5. The average Bonchev–Trinajstić information content (AvgIpc) is 3.14. The quantitative estimate of drug-likeness (QED) is 0.521. The third kappa shape index (κ3) is 5.80. The number of hydrogen-bond acceptors (Lipinski definition) is 7. The predicted octanol–water partition coefficient (Wildman–Crippen LogP) is 1.64. The van der Waals surface area contributed by atoms with E-state index in [2.05, 4.69) is 15.2 Å². The Morgan fingerprint density at radius 3 is 2.63 bits per heavy atom. The minimum Gasteiger partial charge on any atom is -0.469 e. The van der Waals surface area contributed by atoms with Gasteiger partial charge in [-0.3, -0.25) is 14.6 Å². The lowest BCUT2D eigenvalue weighted by Crippen LogP contribution is -2.43. The molecule has 1 aromatic carbocycles. The minimum absolute atomic E-state index is 0.182. The van der Waals surface area contributed by atoms with E-state index in [-0.39, 0.29) is 30.6 Å². The zero-order chi connectivity index (χ0) is 19.6. The highest BCUT2D eigenvalue weighted by molar-refractivity contribution is 6.38. The van der Waals surface area contributed by atoms with Crippen LogP contribution in [0.2, 0.25) is 0 Å². The Labute approximate surface area is 158 Å². The summed E-state index contributed by atoms with van der Waals surface area (Å²) in [5, 5.41) is 8.71. The lowest BCUT2D eigenvalue weighted by Gasteiger charge is -2.22. The number of nitrogens with zero attached hydrogens (tertiary/aromatic N) is 2. The second kappa shape index (κ2) is 10.3. The summed E-state index contributed by atoms with van der Waals surface area (Å²) in [6.45, 7) is 2.41. The van der Waals surface area contributed by atoms with Crippen LogP contribution in [0.5, 0.6) is 0 Å². The molecule has 8 nitrogen and oxygen atoms in total. The third-order valence-electron chi connectivity index (χ3n) is 4.08. The first kappa shape index (κ1) is 20.4. The maximum Gasteiger partial charge on any atom is 0.354 e. The van der Waals surface area contributed by atoms with Gasteiger partial charge in [0.15, 0.2) is 0 Å². The molecule has 0 spiro atoms. The Kier molecular flexibility index (Phi) is 7.79. The van der Waals surface area contributed by atoms with Crippen molar-refractivity contribution in [1.29, 1.82) is 0 Å². The second-order valence-corrected chi connectivity index (χ2v) is 5.99. The van der Waals surface area contributed by atoms with Crippen molar-refractivity contribution in [1.82, 2.24) is 5.32 Å². The van der Waals surface area contributed by atoms with Gasteiger partial charge in [0.2, 0.25) is 5.91 Å². The monoisotopic (exact) mass is 375 g/mol. The van der Waals surface area contributed by atoms with Gasteiger partial charge in [0.1, 0.15) is 11.8 Å². The van der Waals surface area contributed by atoms with Gasteiger partial charge in [0, 0.05) is 19.4 Å². The first-order valence-corrected chi connectivity index (χ1v) is 9.00. The minimum atomic E-state index is -0.618. The topological polar surface area (TPSA) is 97.3 Å². The maximum absolute atomic E-state index is 12.6. The number of benzene rings is 1. The van der Waals surface area contributed by atoms with Crippen LogP contribution in [-0.2, 0) is 23.9 Å². The molecule has 0 bridgehead atoms. The normalized spacial score (nSPS) is 15.9. The van der Waals surface area contributed by atoms with Crippen molar-refractivity contribution in [3.05, 3.63) is 30.3 Å². The molecule has 1 atom stereocenters. The Balaban J connectivity index is 1.97. The molecule has 0 aliphatic carbocycles. The molecule has 1 heterocycles. The molecule has 1 aromatic rings. The van der Waals surface area contributed by atoms with Gasteiger partial charge in [0.25, 0.3) is 0 Å². The van der Waals surface area contributed by atoms with E-state index in [0.29, 0.717) is 25.8 Å². The van der Waals surface area contributed by atoms with Gasteiger partial charge in [-0.05, 0) is 31.9 Å². The fraction of sp³-hybridized carbons (Fsp3) is 0.474. The lowest BCUT2D eigenvalue weighted by molar-refractivity contribution is -0.140. The molecule has 0 saturated carbocycles.